The summed E-state index contributed by atoms with van der Waals surface area (Å²) in [4.78, 5) is 28.3. The van der Waals surface area contributed by atoms with Crippen LogP contribution in [0.5, 0.6) is 23.0 Å². The van der Waals surface area contributed by atoms with Crippen molar-refractivity contribution < 1.29 is 38.4 Å². The Morgan fingerprint density at radius 3 is 2.59 bits per heavy atom. The highest BCUT2D eigenvalue weighted by molar-refractivity contribution is 6.46. The van der Waals surface area contributed by atoms with Crippen molar-refractivity contribution in [3.63, 3.8) is 0 Å². The van der Waals surface area contributed by atoms with Crippen LogP contribution in [0, 0.1) is 0 Å². The van der Waals surface area contributed by atoms with Crippen LogP contribution in [-0.2, 0) is 14.3 Å². The average molecular weight is 538 g/mol. The molecule has 2 unspecified atom stereocenters. The lowest BCUT2D eigenvalue weighted by atomic mass is 9.94. The van der Waals surface area contributed by atoms with E-state index in [-0.39, 0.29) is 24.0 Å². The fourth-order valence-corrected chi connectivity index (χ4v) is 5.28. The van der Waals surface area contributed by atoms with E-state index in [9.17, 15) is 14.7 Å². The van der Waals surface area contributed by atoms with Gasteiger partial charge in [0, 0.05) is 18.7 Å². The van der Waals surface area contributed by atoms with Gasteiger partial charge in [-0.05, 0) is 55.2 Å². The van der Waals surface area contributed by atoms with Gasteiger partial charge in [-0.25, -0.2) is 0 Å². The normalized spacial score (nSPS) is 21.8. The molecule has 9 heteroatoms. The number of methoxy groups -OCH3 is 1. The van der Waals surface area contributed by atoms with Crippen molar-refractivity contribution in [3.05, 3.63) is 53.1 Å². The monoisotopic (exact) mass is 537 g/mol. The van der Waals surface area contributed by atoms with Gasteiger partial charge in [0.25, 0.3) is 11.7 Å². The van der Waals surface area contributed by atoms with Crippen LogP contribution in [0.1, 0.15) is 56.2 Å². The molecular formula is C30H35NO8. The van der Waals surface area contributed by atoms with Gasteiger partial charge in [-0.1, -0.05) is 25.8 Å². The van der Waals surface area contributed by atoms with E-state index in [2.05, 4.69) is 6.92 Å². The van der Waals surface area contributed by atoms with Crippen molar-refractivity contribution >= 4 is 17.4 Å². The topological polar surface area (TPSA) is 104 Å². The molecule has 1 amide bonds. The zero-order chi connectivity index (χ0) is 27.4. The number of aliphatic hydroxyl groups is 1. The van der Waals surface area contributed by atoms with Gasteiger partial charge in [0.2, 0.25) is 0 Å². The van der Waals surface area contributed by atoms with Crippen molar-refractivity contribution in [3.8, 4) is 23.0 Å². The third-order valence-electron chi connectivity index (χ3n) is 7.29. The molecule has 9 nitrogen and oxygen atoms in total. The third kappa shape index (κ3) is 5.54. The smallest absolute Gasteiger partial charge is 0.295 e. The molecule has 39 heavy (non-hydrogen) atoms. The Labute approximate surface area is 228 Å². The Bertz CT molecular complexity index is 1250. The second kappa shape index (κ2) is 12.0. The third-order valence-corrected chi connectivity index (χ3v) is 7.29. The van der Waals surface area contributed by atoms with E-state index in [0.717, 1.165) is 32.1 Å². The number of Topliss-reactive ketones (excluding diaryl/α,β-unsaturated/α-hetero) is 1. The fourth-order valence-electron chi connectivity index (χ4n) is 5.28. The van der Waals surface area contributed by atoms with Gasteiger partial charge in [-0.15, -0.1) is 0 Å². The number of hydrogen-bond donors (Lipinski definition) is 1. The van der Waals surface area contributed by atoms with Gasteiger partial charge in [0.05, 0.1) is 31.4 Å². The van der Waals surface area contributed by atoms with Crippen LogP contribution in [0.2, 0.25) is 0 Å². The Morgan fingerprint density at radius 2 is 1.85 bits per heavy atom. The van der Waals surface area contributed by atoms with Crippen LogP contribution in [0.15, 0.2) is 42.0 Å². The molecule has 2 aromatic rings. The van der Waals surface area contributed by atoms with Crippen LogP contribution in [0.4, 0.5) is 0 Å². The summed E-state index contributed by atoms with van der Waals surface area (Å²) >= 11 is 0. The van der Waals surface area contributed by atoms with Crippen molar-refractivity contribution in [2.24, 2.45) is 0 Å². The molecular weight excluding hydrogens is 502 g/mol. The zero-order valence-electron chi connectivity index (χ0n) is 22.4. The second-order valence-electron chi connectivity index (χ2n) is 9.91. The molecule has 3 heterocycles. The van der Waals surface area contributed by atoms with Crippen LogP contribution in [0.25, 0.3) is 5.76 Å². The molecule has 5 rings (SSSR count). The second-order valence-corrected chi connectivity index (χ2v) is 9.91. The first-order chi connectivity index (χ1) is 19.0. The Hall–Kier alpha value is -3.72. The maximum absolute atomic E-state index is 13.4. The predicted molar refractivity (Wildman–Crippen MR) is 143 cm³/mol. The molecule has 0 spiro atoms. The lowest BCUT2D eigenvalue weighted by Crippen LogP contribution is -2.36. The van der Waals surface area contributed by atoms with E-state index in [0.29, 0.717) is 60.6 Å². The highest BCUT2D eigenvalue weighted by atomic mass is 16.6. The standard InChI is InChI=1S/C30H35NO8/c1-3-4-5-12-37-22-10-8-19(16-24(22)35-2)27-26(29(33)30(34)31(27)18-21-7-6-13-36-21)28(32)20-9-11-23-25(17-20)39-15-14-38-23/h8-11,16-17,21,27,32H,3-7,12-15,18H2,1-2H3. The minimum Gasteiger partial charge on any atom is -0.507 e. The molecule has 0 saturated carbocycles. The van der Waals surface area contributed by atoms with E-state index in [4.69, 9.17) is 23.7 Å². The molecule has 0 bridgehead atoms. The molecule has 2 aromatic carbocycles. The Balaban J connectivity index is 1.55. The van der Waals surface area contributed by atoms with Crippen LogP contribution >= 0.6 is 0 Å². The molecule has 3 aliphatic rings. The lowest BCUT2D eigenvalue weighted by molar-refractivity contribution is -0.140. The first kappa shape index (κ1) is 26.9. The minimum absolute atomic E-state index is 0.00772. The number of benzene rings is 2. The summed E-state index contributed by atoms with van der Waals surface area (Å²) < 4.78 is 28.6. The largest absolute Gasteiger partial charge is 0.507 e. The van der Waals surface area contributed by atoms with Crippen molar-refractivity contribution in [2.45, 2.75) is 51.2 Å². The molecule has 1 N–H and O–H groups in total. The first-order valence-corrected chi connectivity index (χ1v) is 13.6. The highest BCUT2D eigenvalue weighted by Gasteiger charge is 2.47. The predicted octanol–water partition coefficient (Wildman–Crippen LogP) is 4.64. The number of carbonyl (C=O) groups excluding carboxylic acids is 2. The van der Waals surface area contributed by atoms with Gasteiger partial charge in [0.15, 0.2) is 23.0 Å². The first-order valence-electron chi connectivity index (χ1n) is 13.6. The summed E-state index contributed by atoms with van der Waals surface area (Å²) in [5, 5.41) is 11.5. The van der Waals surface area contributed by atoms with Gasteiger partial charge in [-0.2, -0.15) is 0 Å². The minimum atomic E-state index is -0.828. The van der Waals surface area contributed by atoms with Crippen molar-refractivity contribution in [1.82, 2.24) is 4.90 Å². The summed E-state index contributed by atoms with van der Waals surface area (Å²) in [5.74, 6) is 0.419. The lowest BCUT2D eigenvalue weighted by Gasteiger charge is -2.28. The van der Waals surface area contributed by atoms with E-state index >= 15 is 0 Å². The summed E-state index contributed by atoms with van der Waals surface area (Å²) in [5.41, 5.74) is 1.000. The summed E-state index contributed by atoms with van der Waals surface area (Å²) in [6, 6.07) is 9.51. The molecule has 208 valence electrons. The van der Waals surface area contributed by atoms with Gasteiger partial charge in [0.1, 0.15) is 19.0 Å². The number of fused-ring (bicyclic) bond motifs is 1. The van der Waals surface area contributed by atoms with E-state index < -0.39 is 17.7 Å². The number of nitrogens with zero attached hydrogens (tertiary/aromatic N) is 1. The molecule has 2 fully saturated rings. The number of ether oxygens (including phenoxy) is 5. The summed E-state index contributed by atoms with van der Waals surface area (Å²) in [6.45, 7) is 4.38. The Kier molecular flexibility index (Phi) is 8.26. The molecule has 3 aliphatic heterocycles. The number of aliphatic hydroxyl groups excluding tert-OH is 1. The van der Waals surface area contributed by atoms with Crippen LogP contribution in [0.3, 0.4) is 0 Å². The van der Waals surface area contributed by atoms with E-state index in [1.807, 2.05) is 6.07 Å². The molecule has 0 radical (unpaired) electrons. The van der Waals surface area contributed by atoms with Crippen LogP contribution in [-0.4, -0.2) is 67.9 Å². The highest BCUT2D eigenvalue weighted by Crippen LogP contribution is 2.43. The number of amides is 1. The number of unbranched alkanes of at least 4 members (excludes halogenated alkanes) is 2. The van der Waals surface area contributed by atoms with Gasteiger partial charge >= 0.3 is 0 Å². The van der Waals surface area contributed by atoms with E-state index in [1.165, 1.54) is 4.90 Å². The quantitative estimate of drug-likeness (QED) is 0.202. The number of carbonyl (C=O) groups is 2. The van der Waals surface area contributed by atoms with E-state index in [1.54, 1.807) is 37.4 Å². The maximum atomic E-state index is 13.4. The number of rotatable bonds is 10. The summed E-state index contributed by atoms with van der Waals surface area (Å²) in [6.07, 6.45) is 4.60. The SMILES string of the molecule is CCCCCOc1ccc(C2C(=C(O)c3ccc4c(c3)OCCO4)C(=O)C(=O)N2CC2CCCO2)cc1OC. The van der Waals surface area contributed by atoms with Gasteiger partial charge in [-0.3, -0.25) is 9.59 Å². The van der Waals surface area contributed by atoms with Crippen molar-refractivity contribution in [1.29, 1.82) is 0 Å². The van der Waals surface area contributed by atoms with Crippen molar-refractivity contribution in [2.75, 3.05) is 40.1 Å². The average Bonchev–Trinajstić information content (AvgIpc) is 3.57. The van der Waals surface area contributed by atoms with Crippen LogP contribution < -0.4 is 18.9 Å². The number of likely N-dealkylation sites (tertiary alicyclic amines) is 1. The number of hydrogen-bond acceptors (Lipinski definition) is 8. The fraction of sp³-hybridized carbons (Fsp3) is 0.467. The number of ketones is 1. The molecule has 2 saturated heterocycles. The Morgan fingerprint density at radius 1 is 1.03 bits per heavy atom. The molecule has 2 atom stereocenters. The molecule has 0 aliphatic carbocycles. The van der Waals surface area contributed by atoms with Gasteiger partial charge < -0.3 is 33.7 Å². The maximum Gasteiger partial charge on any atom is 0.295 e. The summed E-state index contributed by atoms with van der Waals surface area (Å²) in [7, 11) is 1.55. The zero-order valence-corrected chi connectivity index (χ0v) is 22.4. The molecule has 0 aromatic heterocycles.